The number of ketones is 1. The summed E-state index contributed by atoms with van der Waals surface area (Å²) >= 11 is 3.59. The Kier molecular flexibility index (Phi) is 5.56. The maximum atomic E-state index is 13.7. The van der Waals surface area contributed by atoms with Crippen LogP contribution in [0.25, 0.3) is 27.5 Å². The number of hydrogen-bond acceptors (Lipinski definition) is 4. The summed E-state index contributed by atoms with van der Waals surface area (Å²) in [5.74, 6) is -0.679. The molecule has 8 heteroatoms. The van der Waals surface area contributed by atoms with E-state index in [1.807, 2.05) is 32.9 Å². The highest BCUT2D eigenvalue weighted by molar-refractivity contribution is 9.10. The second-order valence-corrected chi connectivity index (χ2v) is 10.0. The number of esters is 1. The van der Waals surface area contributed by atoms with Crippen molar-refractivity contribution >= 4 is 49.5 Å². The van der Waals surface area contributed by atoms with Crippen LogP contribution >= 0.6 is 15.9 Å². The quantitative estimate of drug-likeness (QED) is 0.202. The molecule has 35 heavy (non-hydrogen) atoms. The first-order valence-corrected chi connectivity index (χ1v) is 11.7. The van der Waals surface area contributed by atoms with Crippen molar-refractivity contribution in [3.05, 3.63) is 88.4 Å². The summed E-state index contributed by atoms with van der Waals surface area (Å²) in [6, 6.07) is 18.3. The molecule has 6 nitrogen and oxygen atoms in total. The van der Waals surface area contributed by atoms with Gasteiger partial charge in [-0.25, -0.2) is 9.18 Å². The fourth-order valence-electron chi connectivity index (χ4n) is 3.93. The molecule has 0 unspecified atom stereocenters. The van der Waals surface area contributed by atoms with Crippen LogP contribution in [0, 0.1) is 11.2 Å². The maximum Gasteiger partial charge on any atom is 0.343 e. The van der Waals surface area contributed by atoms with E-state index in [9.17, 15) is 14.0 Å². The van der Waals surface area contributed by atoms with Crippen LogP contribution in [0.15, 0.2) is 71.3 Å². The minimum atomic E-state index is -0.618. The number of ether oxygens (including phenoxy) is 1. The molecule has 0 aliphatic rings. The number of hydrogen-bond donors (Lipinski definition) is 1. The van der Waals surface area contributed by atoms with E-state index in [1.54, 1.807) is 47.0 Å². The van der Waals surface area contributed by atoms with Gasteiger partial charge in [-0.1, -0.05) is 39.0 Å². The Balaban J connectivity index is 1.75. The summed E-state index contributed by atoms with van der Waals surface area (Å²) in [6.45, 7) is 5.52. The third-order valence-electron chi connectivity index (χ3n) is 5.73. The maximum absolute atomic E-state index is 13.7. The van der Waals surface area contributed by atoms with Crippen LogP contribution in [0.5, 0.6) is 5.75 Å². The van der Waals surface area contributed by atoms with E-state index in [-0.39, 0.29) is 11.6 Å². The van der Waals surface area contributed by atoms with Crippen molar-refractivity contribution in [3.63, 3.8) is 0 Å². The van der Waals surface area contributed by atoms with Crippen molar-refractivity contribution in [2.45, 2.75) is 20.8 Å². The van der Waals surface area contributed by atoms with E-state index in [0.29, 0.717) is 49.1 Å². The van der Waals surface area contributed by atoms with Gasteiger partial charge in [0.1, 0.15) is 16.1 Å². The number of halogens is 2. The highest BCUT2D eigenvalue weighted by Crippen LogP contribution is 2.42. The van der Waals surface area contributed by atoms with Gasteiger partial charge in [-0.15, -0.1) is 0 Å². The average Bonchev–Trinajstić information content (AvgIpc) is 3.36. The van der Waals surface area contributed by atoms with Crippen LogP contribution in [-0.2, 0) is 0 Å². The van der Waals surface area contributed by atoms with Gasteiger partial charge in [-0.2, -0.15) is 5.10 Å². The number of carbonyl (C=O) groups excluding carboxylic acids is 2. The van der Waals surface area contributed by atoms with Crippen molar-refractivity contribution in [1.82, 2.24) is 14.8 Å². The third kappa shape index (κ3) is 4.04. The smallest absolute Gasteiger partial charge is 0.343 e. The number of nitrogens with one attached hydrogen (secondary N) is 1. The monoisotopic (exact) mass is 533 g/mol. The second kappa shape index (κ2) is 8.46. The van der Waals surface area contributed by atoms with E-state index < -0.39 is 11.4 Å². The van der Waals surface area contributed by atoms with Gasteiger partial charge < -0.3 is 9.30 Å². The molecule has 0 saturated carbocycles. The zero-order valence-electron chi connectivity index (χ0n) is 19.2. The summed E-state index contributed by atoms with van der Waals surface area (Å²) in [5.41, 5.74) is 2.06. The molecule has 0 atom stereocenters. The normalized spacial score (nSPS) is 11.8. The number of aromatic amines is 1. The zero-order chi connectivity index (χ0) is 24.9. The van der Waals surface area contributed by atoms with Crippen molar-refractivity contribution in [2.75, 3.05) is 0 Å². The molecular weight excluding hydrogens is 513 g/mol. The van der Waals surface area contributed by atoms with Gasteiger partial charge in [-0.3, -0.25) is 9.89 Å². The van der Waals surface area contributed by atoms with Gasteiger partial charge >= 0.3 is 5.97 Å². The number of Topliss-reactive ketones (excluding diaryl/α,β-unsaturated/α-hetero) is 1. The topological polar surface area (TPSA) is 77.0 Å². The van der Waals surface area contributed by atoms with E-state index in [0.717, 1.165) is 0 Å². The molecule has 0 aliphatic heterocycles. The number of H-pyrrole nitrogens is 1. The summed E-state index contributed by atoms with van der Waals surface area (Å²) in [7, 11) is 0. The molecule has 0 bridgehead atoms. The Bertz CT molecular complexity index is 1600. The van der Waals surface area contributed by atoms with Gasteiger partial charge in [0, 0.05) is 21.9 Å². The fourth-order valence-corrected chi connectivity index (χ4v) is 4.62. The van der Waals surface area contributed by atoms with Crippen LogP contribution in [-0.4, -0.2) is 26.5 Å². The van der Waals surface area contributed by atoms with E-state index in [1.165, 1.54) is 12.1 Å². The lowest BCUT2D eigenvalue weighted by molar-refractivity contribution is 0.0735. The van der Waals surface area contributed by atoms with E-state index in [4.69, 9.17) is 4.74 Å². The Morgan fingerprint density at radius 3 is 2.34 bits per heavy atom. The Labute approximate surface area is 208 Å². The van der Waals surface area contributed by atoms with E-state index in [2.05, 4.69) is 26.1 Å². The molecule has 0 saturated heterocycles. The molecule has 5 aromatic rings. The predicted octanol–water partition coefficient (Wildman–Crippen LogP) is 6.86. The SMILES string of the molecule is CC(C)(C)C(=O)c1n[nH]c2cc3c(OC(=O)c4ccccc4)c(Br)n(-c4ccc(F)cc4)c3cc12. The number of fused-ring (bicyclic) bond motifs is 2. The Morgan fingerprint density at radius 1 is 1.00 bits per heavy atom. The molecule has 3 aromatic carbocycles. The number of nitrogens with zero attached hydrogens (tertiary/aromatic N) is 2. The first kappa shape index (κ1) is 23.0. The lowest BCUT2D eigenvalue weighted by Crippen LogP contribution is -2.20. The first-order chi connectivity index (χ1) is 16.6. The largest absolute Gasteiger partial charge is 0.419 e. The van der Waals surface area contributed by atoms with Crippen molar-refractivity contribution in [1.29, 1.82) is 0 Å². The summed E-state index contributed by atoms with van der Waals surface area (Å²) in [4.78, 5) is 25.9. The number of benzene rings is 3. The molecule has 5 rings (SSSR count). The average molecular weight is 534 g/mol. The minimum absolute atomic E-state index is 0.0993. The highest BCUT2D eigenvalue weighted by atomic mass is 79.9. The number of carbonyl (C=O) groups is 2. The zero-order valence-corrected chi connectivity index (χ0v) is 20.8. The van der Waals surface area contributed by atoms with Gasteiger partial charge in [-0.05, 0) is 64.5 Å². The second-order valence-electron chi connectivity index (χ2n) is 9.25. The van der Waals surface area contributed by atoms with E-state index >= 15 is 0 Å². The lowest BCUT2D eigenvalue weighted by atomic mass is 9.88. The molecule has 176 valence electrons. The van der Waals surface area contributed by atoms with Gasteiger partial charge in [0.2, 0.25) is 0 Å². The summed E-state index contributed by atoms with van der Waals surface area (Å²) in [6.07, 6.45) is 0. The molecule has 0 radical (unpaired) electrons. The van der Waals surface area contributed by atoms with Crippen molar-refractivity contribution in [3.8, 4) is 11.4 Å². The van der Waals surface area contributed by atoms with Crippen molar-refractivity contribution < 1.29 is 18.7 Å². The van der Waals surface area contributed by atoms with Crippen molar-refractivity contribution in [2.24, 2.45) is 5.41 Å². The Morgan fingerprint density at radius 2 is 1.69 bits per heavy atom. The molecule has 0 aliphatic carbocycles. The fraction of sp³-hybridized carbons (Fsp3) is 0.148. The van der Waals surface area contributed by atoms with Crippen LogP contribution in [0.3, 0.4) is 0 Å². The molecule has 1 N–H and O–H groups in total. The predicted molar refractivity (Wildman–Crippen MR) is 136 cm³/mol. The molecule has 0 amide bonds. The molecule has 2 aromatic heterocycles. The van der Waals surface area contributed by atoms with Gasteiger partial charge in [0.15, 0.2) is 11.5 Å². The highest BCUT2D eigenvalue weighted by Gasteiger charge is 2.28. The lowest BCUT2D eigenvalue weighted by Gasteiger charge is -2.14. The van der Waals surface area contributed by atoms with Gasteiger partial charge in [0.05, 0.1) is 16.6 Å². The molecular formula is C27H21BrFN3O3. The third-order valence-corrected chi connectivity index (χ3v) is 6.45. The van der Waals surface area contributed by atoms with Crippen LogP contribution in [0.2, 0.25) is 0 Å². The number of rotatable bonds is 4. The molecule has 2 heterocycles. The summed E-state index contributed by atoms with van der Waals surface area (Å²) < 4.78 is 21.8. The van der Waals surface area contributed by atoms with Gasteiger partial charge in [0.25, 0.3) is 0 Å². The van der Waals surface area contributed by atoms with Crippen LogP contribution in [0.4, 0.5) is 4.39 Å². The summed E-state index contributed by atoms with van der Waals surface area (Å²) in [5, 5.41) is 8.49. The van der Waals surface area contributed by atoms with Crippen LogP contribution in [0.1, 0.15) is 41.6 Å². The number of aromatic nitrogens is 3. The minimum Gasteiger partial charge on any atom is -0.419 e. The standard InChI is InChI=1S/C27H21BrFN3O3/c1-27(2,3)24(33)22-18-14-21-19(13-20(18)30-31-22)23(35-26(34)15-7-5-4-6-8-15)25(28)32(21)17-11-9-16(29)10-12-17/h4-14H,1-3H3,(H,30,31). The molecule has 0 spiro atoms. The molecule has 0 fully saturated rings. The Hall–Kier alpha value is -3.78. The first-order valence-electron chi connectivity index (χ1n) is 10.9. The van der Waals surface area contributed by atoms with Crippen LogP contribution < -0.4 is 4.74 Å².